The zero-order chi connectivity index (χ0) is 12.3. The summed E-state index contributed by atoms with van der Waals surface area (Å²) in [5.74, 6) is 0. The van der Waals surface area contributed by atoms with E-state index in [0.29, 0.717) is 0 Å². The van der Waals surface area contributed by atoms with Crippen LogP contribution in [0.4, 0.5) is 0 Å². The highest BCUT2D eigenvalue weighted by Gasteiger charge is 2.38. The lowest BCUT2D eigenvalue weighted by molar-refractivity contribution is 0.787. The van der Waals surface area contributed by atoms with Gasteiger partial charge in [0.15, 0.2) is 9.79 Å². The Morgan fingerprint density at radius 3 is 1.29 bits per heavy atom. The van der Waals surface area contributed by atoms with Crippen molar-refractivity contribution in [3.8, 4) is 0 Å². The largest absolute Gasteiger partial charge is 0.161 e. The predicted octanol–water partition coefficient (Wildman–Crippen LogP) is 4.52. The molecule has 0 bridgehead atoms. The van der Waals surface area contributed by atoms with Crippen molar-refractivity contribution in [3.05, 3.63) is 60.7 Å². The summed E-state index contributed by atoms with van der Waals surface area (Å²) in [5, 5.41) is 0. The van der Waals surface area contributed by atoms with Gasteiger partial charge in [-0.2, -0.15) is 0 Å². The highest BCUT2D eigenvalue weighted by atomic mass is 32.2. The fourth-order valence-electron chi connectivity index (χ4n) is 1.96. The SMILES string of the molecule is CC(C)(C)[S+](c1ccccc1)c1ccccc1. The van der Waals surface area contributed by atoms with Crippen molar-refractivity contribution in [1.82, 2.24) is 0 Å². The van der Waals surface area contributed by atoms with Crippen molar-refractivity contribution in [2.24, 2.45) is 0 Å². The first-order valence-corrected chi connectivity index (χ1v) is 7.16. The molecular formula is C16H19S+. The average Bonchev–Trinajstić information content (AvgIpc) is 2.30. The molecule has 0 saturated heterocycles. The maximum Gasteiger partial charge on any atom is 0.161 e. The van der Waals surface area contributed by atoms with Gasteiger partial charge in [-0.1, -0.05) is 36.4 Å². The molecule has 2 aromatic carbocycles. The molecule has 0 aromatic heterocycles. The topological polar surface area (TPSA) is 0 Å². The van der Waals surface area contributed by atoms with E-state index in [-0.39, 0.29) is 15.6 Å². The van der Waals surface area contributed by atoms with E-state index in [4.69, 9.17) is 0 Å². The van der Waals surface area contributed by atoms with Gasteiger partial charge in [0, 0.05) is 0 Å². The fraction of sp³-hybridized carbons (Fsp3) is 0.250. The number of rotatable bonds is 2. The zero-order valence-electron chi connectivity index (χ0n) is 10.7. The molecule has 0 aliphatic rings. The predicted molar refractivity (Wildman–Crippen MR) is 76.5 cm³/mol. The lowest BCUT2D eigenvalue weighted by Gasteiger charge is -2.20. The summed E-state index contributed by atoms with van der Waals surface area (Å²) in [6.45, 7) is 6.95. The average molecular weight is 243 g/mol. The minimum atomic E-state index is 0.131. The molecule has 2 aromatic rings. The van der Waals surface area contributed by atoms with Crippen LogP contribution in [0.1, 0.15) is 20.8 Å². The van der Waals surface area contributed by atoms with Gasteiger partial charge in [0.25, 0.3) is 0 Å². The van der Waals surface area contributed by atoms with Crippen LogP contribution in [0.15, 0.2) is 70.5 Å². The second-order valence-corrected chi connectivity index (χ2v) is 7.82. The molecule has 0 atom stereocenters. The van der Waals surface area contributed by atoms with Crippen molar-refractivity contribution in [2.45, 2.75) is 35.3 Å². The van der Waals surface area contributed by atoms with E-state index in [1.54, 1.807) is 0 Å². The molecule has 0 aliphatic carbocycles. The zero-order valence-corrected chi connectivity index (χ0v) is 11.5. The molecule has 17 heavy (non-hydrogen) atoms. The maximum atomic E-state index is 2.32. The molecule has 0 amide bonds. The molecule has 0 heterocycles. The summed E-state index contributed by atoms with van der Waals surface area (Å²) in [6.07, 6.45) is 0. The third kappa shape index (κ3) is 2.92. The van der Waals surface area contributed by atoms with Crippen LogP contribution in [0.5, 0.6) is 0 Å². The Morgan fingerprint density at radius 1 is 0.647 bits per heavy atom. The minimum absolute atomic E-state index is 0.131. The minimum Gasteiger partial charge on any atom is -0.0619 e. The van der Waals surface area contributed by atoms with E-state index in [2.05, 4.69) is 81.4 Å². The molecule has 0 spiro atoms. The molecule has 88 valence electrons. The Kier molecular flexibility index (Phi) is 3.58. The first-order chi connectivity index (χ1) is 8.09. The van der Waals surface area contributed by atoms with Crippen LogP contribution in [0.25, 0.3) is 0 Å². The van der Waals surface area contributed by atoms with Gasteiger partial charge in [-0.15, -0.1) is 0 Å². The molecule has 0 aliphatic heterocycles. The summed E-state index contributed by atoms with van der Waals surface area (Å²) >= 11 is 0. The van der Waals surface area contributed by atoms with Crippen molar-refractivity contribution in [2.75, 3.05) is 0 Å². The molecule has 0 fully saturated rings. The van der Waals surface area contributed by atoms with Crippen LogP contribution in [-0.4, -0.2) is 4.75 Å². The molecule has 0 saturated carbocycles. The van der Waals surface area contributed by atoms with Crippen LogP contribution in [0.3, 0.4) is 0 Å². The van der Waals surface area contributed by atoms with Crippen molar-refractivity contribution >= 4 is 10.9 Å². The van der Waals surface area contributed by atoms with Gasteiger partial charge in [0.1, 0.15) is 4.75 Å². The number of hydrogen-bond donors (Lipinski definition) is 0. The van der Waals surface area contributed by atoms with Crippen LogP contribution in [0, 0.1) is 0 Å². The van der Waals surface area contributed by atoms with Crippen LogP contribution < -0.4 is 0 Å². The molecule has 0 nitrogen and oxygen atoms in total. The summed E-state index contributed by atoms with van der Waals surface area (Å²) in [5.41, 5.74) is 0. The third-order valence-corrected chi connectivity index (χ3v) is 5.28. The summed E-state index contributed by atoms with van der Waals surface area (Å²) < 4.78 is 0.253. The van der Waals surface area contributed by atoms with Gasteiger partial charge >= 0.3 is 0 Å². The van der Waals surface area contributed by atoms with Crippen molar-refractivity contribution < 1.29 is 0 Å². The van der Waals surface area contributed by atoms with Crippen LogP contribution in [0.2, 0.25) is 0 Å². The van der Waals surface area contributed by atoms with Gasteiger partial charge in [-0.3, -0.25) is 0 Å². The van der Waals surface area contributed by atoms with Gasteiger partial charge in [-0.05, 0) is 45.0 Å². The lowest BCUT2D eigenvalue weighted by atomic mass is 10.3. The molecule has 1 heteroatoms. The Balaban J connectivity index is 2.48. The van der Waals surface area contributed by atoms with Gasteiger partial charge in [-0.25, -0.2) is 0 Å². The smallest absolute Gasteiger partial charge is 0.0619 e. The second kappa shape index (κ2) is 4.97. The molecule has 0 radical (unpaired) electrons. The highest BCUT2D eigenvalue weighted by Crippen LogP contribution is 2.33. The highest BCUT2D eigenvalue weighted by molar-refractivity contribution is 7.98. The Morgan fingerprint density at radius 2 is 1.00 bits per heavy atom. The van der Waals surface area contributed by atoms with Gasteiger partial charge < -0.3 is 0 Å². The summed E-state index contributed by atoms with van der Waals surface area (Å²) in [4.78, 5) is 2.84. The van der Waals surface area contributed by atoms with E-state index in [9.17, 15) is 0 Å². The molecule has 0 N–H and O–H groups in total. The lowest BCUT2D eigenvalue weighted by Crippen LogP contribution is -2.28. The van der Waals surface area contributed by atoms with Crippen molar-refractivity contribution in [3.63, 3.8) is 0 Å². The van der Waals surface area contributed by atoms with E-state index >= 15 is 0 Å². The van der Waals surface area contributed by atoms with Crippen LogP contribution >= 0.6 is 0 Å². The Hall–Kier alpha value is -1.21. The van der Waals surface area contributed by atoms with E-state index in [1.807, 2.05) is 0 Å². The summed E-state index contributed by atoms with van der Waals surface area (Å²) in [6, 6.07) is 21.6. The monoisotopic (exact) mass is 243 g/mol. The van der Waals surface area contributed by atoms with E-state index in [0.717, 1.165) is 0 Å². The van der Waals surface area contributed by atoms with Gasteiger partial charge in [0.2, 0.25) is 0 Å². The first-order valence-electron chi connectivity index (χ1n) is 5.93. The van der Waals surface area contributed by atoms with Crippen molar-refractivity contribution in [1.29, 1.82) is 0 Å². The molecular weight excluding hydrogens is 224 g/mol. The maximum absolute atomic E-state index is 2.32. The van der Waals surface area contributed by atoms with E-state index in [1.165, 1.54) is 9.79 Å². The summed E-state index contributed by atoms with van der Waals surface area (Å²) in [7, 11) is 0.131. The first kappa shape index (κ1) is 12.3. The van der Waals surface area contributed by atoms with Crippen LogP contribution in [-0.2, 0) is 10.9 Å². The third-order valence-electron chi connectivity index (χ3n) is 2.57. The van der Waals surface area contributed by atoms with E-state index < -0.39 is 0 Å². The normalized spacial score (nSPS) is 11.8. The number of benzene rings is 2. The molecule has 0 unspecified atom stereocenters. The Labute approximate surface area is 107 Å². The fourth-order valence-corrected chi connectivity index (χ4v) is 4.50. The molecule has 2 rings (SSSR count). The Bertz CT molecular complexity index is 414. The second-order valence-electron chi connectivity index (χ2n) is 5.04. The van der Waals surface area contributed by atoms with Gasteiger partial charge in [0.05, 0.1) is 10.9 Å². The standard InChI is InChI=1S/C16H19S/c1-16(2,3)17(14-10-6-4-7-11-14)15-12-8-5-9-13-15/h4-13H,1-3H3/q+1. The number of hydrogen-bond acceptors (Lipinski definition) is 0. The quantitative estimate of drug-likeness (QED) is 0.680.